The Kier molecular flexibility index (Phi) is 7.47. The number of likely N-dealkylation sites (tertiary alicyclic amines) is 1. The number of Topliss-reactive ketones (excluding diaryl/α,β-unsaturated/α-hetero) is 1. The lowest BCUT2D eigenvalue weighted by Gasteiger charge is -2.33. The van der Waals surface area contributed by atoms with Crippen LogP contribution in [0.4, 0.5) is 0 Å². The molecule has 7 aliphatic rings. The highest BCUT2D eigenvalue weighted by atomic mass is 32.2. The first kappa shape index (κ1) is 32.7. The van der Waals surface area contributed by atoms with E-state index in [2.05, 4.69) is 51.6 Å². The van der Waals surface area contributed by atoms with Crippen molar-refractivity contribution >= 4 is 32.6 Å². The van der Waals surface area contributed by atoms with Gasteiger partial charge in [0.2, 0.25) is 10.0 Å². The maximum absolute atomic E-state index is 15.1. The van der Waals surface area contributed by atoms with Gasteiger partial charge in [0.25, 0.3) is 5.91 Å². The molecule has 0 radical (unpaired) electrons. The zero-order valence-corrected chi connectivity index (χ0v) is 30.8. The topological polar surface area (TPSA) is 97.7 Å². The minimum atomic E-state index is -3.81. The molecule has 1 N–H and O–H groups in total. The van der Waals surface area contributed by atoms with Gasteiger partial charge in [0.1, 0.15) is 11.5 Å². The van der Waals surface area contributed by atoms with Gasteiger partial charge in [-0.15, -0.1) is 0 Å². The van der Waals surface area contributed by atoms with Gasteiger partial charge < -0.3 is 14.2 Å². The first-order chi connectivity index (χ1) is 24.0. The average Bonchev–Trinajstić information content (AvgIpc) is 3.22. The number of nitrogens with zero attached hydrogens (tertiary/aromatic N) is 2. The summed E-state index contributed by atoms with van der Waals surface area (Å²) in [6.07, 6.45) is 16.6. The lowest BCUT2D eigenvalue weighted by atomic mass is 9.71. The van der Waals surface area contributed by atoms with Crippen molar-refractivity contribution in [1.82, 2.24) is 14.2 Å². The molecule has 5 aliphatic carbocycles. The average molecular weight is 698 g/mol. The number of hydrogen-bond acceptors (Lipinski definition) is 6. The summed E-state index contributed by atoms with van der Waals surface area (Å²) in [5.41, 5.74) is 7.32. The Bertz CT molecular complexity index is 2010. The van der Waals surface area contributed by atoms with Crippen molar-refractivity contribution in [2.75, 3.05) is 27.2 Å². The Morgan fingerprint density at radius 3 is 2.42 bits per heavy atom. The second-order valence-electron chi connectivity index (χ2n) is 17.1. The number of benzene rings is 1. The molecular formula is C41H51N3O5S. The first-order valence-corrected chi connectivity index (χ1v) is 20.6. The number of carbonyl (C=O) groups is 2. The molecule has 9 rings (SSSR count). The lowest BCUT2D eigenvalue weighted by Crippen LogP contribution is -2.35. The second-order valence-corrected chi connectivity index (χ2v) is 19.4. The van der Waals surface area contributed by atoms with E-state index in [-0.39, 0.29) is 28.6 Å². The molecule has 2 unspecified atom stereocenters. The molecule has 4 fully saturated rings. The summed E-state index contributed by atoms with van der Waals surface area (Å²) in [5.74, 6) is 0.672. The molecule has 3 saturated carbocycles. The van der Waals surface area contributed by atoms with Gasteiger partial charge in [-0.05, 0) is 117 Å². The van der Waals surface area contributed by atoms with Gasteiger partial charge in [-0.1, -0.05) is 43.9 Å². The van der Waals surface area contributed by atoms with Gasteiger partial charge in [0, 0.05) is 48.5 Å². The predicted octanol–water partition coefficient (Wildman–Crippen LogP) is 6.91. The molecular weight excluding hydrogens is 647 g/mol. The quantitative estimate of drug-likeness (QED) is 0.338. The molecule has 1 aromatic carbocycles. The summed E-state index contributed by atoms with van der Waals surface area (Å²) >= 11 is 0. The van der Waals surface area contributed by atoms with Crippen LogP contribution in [0.15, 0.2) is 52.6 Å². The van der Waals surface area contributed by atoms with Crippen molar-refractivity contribution in [3.63, 3.8) is 0 Å². The van der Waals surface area contributed by atoms with E-state index < -0.39 is 21.2 Å². The number of rotatable bonds is 7. The Hall–Kier alpha value is -3.17. The molecule has 1 aromatic heterocycles. The standard InChI is InChI=1S/C41H51N3O5S/c1-24(2)50(47,48)42-39(46)36-31-21-44-32(18-30-33(49-4)15-14-27(37(30)44)25-10-6-5-7-11-25)34-28(35(31)36)12-8-13-29(34)38(45)26-19-40-16-9-17-41(40,20-26)23-43(3)22-40/h8,12,14-15,18,24-26,29,34H,5-7,9-11,13,16-17,19-23H2,1-4H3,(H,42,46)/t26?,29-,34-,40?,41?/m1/s1. The number of fused-ring (bicyclic) bond motifs is 6. The second kappa shape index (κ2) is 11.4. The predicted molar refractivity (Wildman–Crippen MR) is 194 cm³/mol. The molecule has 0 bridgehead atoms. The molecule has 3 heterocycles. The maximum atomic E-state index is 15.1. The Morgan fingerprint density at radius 1 is 1.02 bits per heavy atom. The molecule has 50 heavy (non-hydrogen) atoms. The monoisotopic (exact) mass is 697 g/mol. The number of allylic oxidation sites excluding steroid dienone is 4. The SMILES string of the molecule is COc1ccc(C2CCCCC2)c2c1cc1n2CC2=C(C(=O)NS(=O)(=O)C(C)C)C2=C2C=CC[C@@H](C(=O)C3CC45CCCC4(C3)CN(C)C5)[C@@H]21. The van der Waals surface area contributed by atoms with E-state index in [4.69, 9.17) is 4.74 Å². The molecule has 2 aromatic rings. The van der Waals surface area contributed by atoms with Gasteiger partial charge in [0.15, 0.2) is 0 Å². The molecule has 266 valence electrons. The highest BCUT2D eigenvalue weighted by Gasteiger charge is 2.65. The lowest BCUT2D eigenvalue weighted by molar-refractivity contribution is -0.127. The summed E-state index contributed by atoms with van der Waals surface area (Å²) in [4.78, 5) is 31.4. The number of carbonyl (C=O) groups excluding carboxylic acids is 2. The van der Waals surface area contributed by atoms with Crippen molar-refractivity contribution < 1.29 is 22.7 Å². The number of aromatic nitrogens is 1. The van der Waals surface area contributed by atoms with E-state index >= 15 is 4.79 Å². The third-order valence-corrected chi connectivity index (χ3v) is 15.9. The fraction of sp³-hybridized carbons (Fsp3) is 0.610. The fourth-order valence-electron chi connectivity index (χ4n) is 12.0. The van der Waals surface area contributed by atoms with Crippen LogP contribution in [0, 0.1) is 22.7 Å². The number of hydrogen-bond donors (Lipinski definition) is 1. The minimum absolute atomic E-state index is 0.0470. The van der Waals surface area contributed by atoms with Crippen LogP contribution < -0.4 is 9.46 Å². The number of ether oxygens (including phenoxy) is 1. The van der Waals surface area contributed by atoms with E-state index in [0.29, 0.717) is 30.2 Å². The highest BCUT2D eigenvalue weighted by Crippen LogP contribution is 2.68. The van der Waals surface area contributed by atoms with Crippen molar-refractivity contribution in [1.29, 1.82) is 0 Å². The van der Waals surface area contributed by atoms with Crippen molar-refractivity contribution in [3.8, 4) is 5.75 Å². The highest BCUT2D eigenvalue weighted by molar-refractivity contribution is 7.90. The van der Waals surface area contributed by atoms with Gasteiger partial charge in [-0.3, -0.25) is 9.59 Å². The number of amides is 1. The van der Waals surface area contributed by atoms with Crippen molar-refractivity contribution in [2.24, 2.45) is 22.7 Å². The summed E-state index contributed by atoms with van der Waals surface area (Å²) in [7, 11) is 0.160. The molecule has 2 aliphatic heterocycles. The zero-order valence-electron chi connectivity index (χ0n) is 30.0. The van der Waals surface area contributed by atoms with Gasteiger partial charge >= 0.3 is 0 Å². The van der Waals surface area contributed by atoms with Crippen molar-refractivity contribution in [2.45, 2.75) is 108 Å². The van der Waals surface area contributed by atoms with Crippen LogP contribution in [0.1, 0.15) is 108 Å². The third kappa shape index (κ3) is 4.67. The Balaban J connectivity index is 1.18. The molecule has 0 spiro atoms. The fourth-order valence-corrected chi connectivity index (χ4v) is 12.6. The maximum Gasteiger partial charge on any atom is 0.265 e. The molecule has 1 amide bonds. The number of methoxy groups -OCH3 is 1. The molecule has 1 saturated heterocycles. The zero-order chi connectivity index (χ0) is 34.7. The van der Waals surface area contributed by atoms with Crippen LogP contribution in [-0.4, -0.2) is 62.1 Å². The van der Waals surface area contributed by atoms with Crippen LogP contribution in [0.2, 0.25) is 0 Å². The van der Waals surface area contributed by atoms with E-state index in [9.17, 15) is 13.2 Å². The van der Waals surface area contributed by atoms with Crippen LogP contribution >= 0.6 is 0 Å². The number of nitrogens with one attached hydrogen (secondary N) is 1. The summed E-state index contributed by atoms with van der Waals surface area (Å²) < 4.78 is 36.5. The first-order valence-electron chi connectivity index (χ1n) is 19.1. The molecule has 9 heteroatoms. The van der Waals surface area contributed by atoms with Crippen LogP contribution in [0.3, 0.4) is 0 Å². The van der Waals surface area contributed by atoms with E-state index in [0.717, 1.165) is 77.8 Å². The van der Waals surface area contributed by atoms with Gasteiger partial charge in [0.05, 0.1) is 23.4 Å². The van der Waals surface area contributed by atoms with Gasteiger partial charge in [-0.2, -0.15) is 0 Å². The Labute approximate surface area is 296 Å². The summed E-state index contributed by atoms with van der Waals surface area (Å²) in [6.45, 7) is 5.84. The van der Waals surface area contributed by atoms with E-state index in [1.807, 2.05) is 0 Å². The molecule has 8 nitrogen and oxygen atoms in total. The van der Waals surface area contributed by atoms with Gasteiger partial charge in [-0.25, -0.2) is 13.1 Å². The van der Waals surface area contributed by atoms with Crippen LogP contribution in [0.25, 0.3) is 10.9 Å². The minimum Gasteiger partial charge on any atom is -0.496 e. The van der Waals surface area contributed by atoms with E-state index in [1.54, 1.807) is 21.0 Å². The van der Waals surface area contributed by atoms with E-state index in [1.165, 1.54) is 44.1 Å². The molecule has 4 atom stereocenters. The smallest absolute Gasteiger partial charge is 0.265 e. The van der Waals surface area contributed by atoms with Crippen molar-refractivity contribution in [3.05, 3.63) is 63.9 Å². The van der Waals surface area contributed by atoms with Crippen LogP contribution in [-0.2, 0) is 26.2 Å². The summed E-state index contributed by atoms with van der Waals surface area (Å²) in [5, 5.41) is 0.340. The van der Waals surface area contributed by atoms with Crippen LogP contribution in [0.5, 0.6) is 5.75 Å². The normalized spacial score (nSPS) is 32.1. The number of ketones is 1. The Morgan fingerprint density at radius 2 is 1.74 bits per heavy atom. The summed E-state index contributed by atoms with van der Waals surface area (Å²) in [6, 6.07) is 6.63. The largest absolute Gasteiger partial charge is 0.496 e. The third-order valence-electron chi connectivity index (χ3n) is 14.2. The number of sulfonamides is 1.